The normalized spacial score (nSPS) is 10.3. The molecule has 0 spiro atoms. The number of thioether (sulfide) groups is 1. The van der Waals surface area contributed by atoms with E-state index in [1.807, 2.05) is 12.1 Å². The number of aliphatic hydroxyl groups excluding tert-OH is 1. The van der Waals surface area contributed by atoms with Crippen molar-refractivity contribution in [3.8, 4) is 0 Å². The number of amides is 1. The fraction of sp³-hybridized carbons (Fsp3) is 0.133. The zero-order chi connectivity index (χ0) is 14.4. The van der Waals surface area contributed by atoms with Crippen molar-refractivity contribution in [2.45, 2.75) is 11.5 Å². The van der Waals surface area contributed by atoms with Crippen LogP contribution >= 0.6 is 23.4 Å². The molecule has 0 aliphatic heterocycles. The maximum Gasteiger partial charge on any atom is 0.234 e. The third kappa shape index (κ3) is 4.56. The Balaban J connectivity index is 1.84. The highest BCUT2D eigenvalue weighted by Gasteiger charge is 2.04. The minimum atomic E-state index is -0.0679. The van der Waals surface area contributed by atoms with Gasteiger partial charge in [-0.25, -0.2) is 0 Å². The number of carbonyl (C=O) groups excluding carboxylic acids is 1. The van der Waals surface area contributed by atoms with Crippen molar-refractivity contribution in [2.24, 2.45) is 0 Å². The van der Waals surface area contributed by atoms with Gasteiger partial charge in [-0.15, -0.1) is 11.8 Å². The molecular formula is C15H14ClNO2S. The molecule has 0 saturated heterocycles. The van der Waals surface area contributed by atoms with Gasteiger partial charge in [0.1, 0.15) is 0 Å². The van der Waals surface area contributed by atoms with Crippen molar-refractivity contribution in [1.29, 1.82) is 0 Å². The van der Waals surface area contributed by atoms with Crippen LogP contribution in [0.4, 0.5) is 5.69 Å². The van der Waals surface area contributed by atoms with Crippen LogP contribution in [0.25, 0.3) is 0 Å². The fourth-order valence-electron chi connectivity index (χ4n) is 1.57. The Bertz CT molecular complexity index is 569. The zero-order valence-corrected chi connectivity index (χ0v) is 12.2. The van der Waals surface area contributed by atoms with Crippen LogP contribution in [-0.2, 0) is 11.4 Å². The first kappa shape index (κ1) is 14.9. The Morgan fingerprint density at radius 2 is 1.75 bits per heavy atom. The molecule has 5 heteroatoms. The minimum Gasteiger partial charge on any atom is -0.392 e. The molecule has 0 aliphatic rings. The summed E-state index contributed by atoms with van der Waals surface area (Å²) in [4.78, 5) is 12.8. The largest absolute Gasteiger partial charge is 0.392 e. The molecule has 20 heavy (non-hydrogen) atoms. The number of hydrogen-bond acceptors (Lipinski definition) is 3. The second kappa shape index (κ2) is 7.33. The average molecular weight is 308 g/mol. The number of aliphatic hydroxyl groups is 1. The molecule has 2 N–H and O–H groups in total. The third-order valence-corrected chi connectivity index (χ3v) is 3.87. The minimum absolute atomic E-state index is 0.000640. The lowest BCUT2D eigenvalue weighted by Gasteiger charge is -2.06. The molecule has 0 unspecified atom stereocenters. The highest BCUT2D eigenvalue weighted by Crippen LogP contribution is 2.20. The van der Waals surface area contributed by atoms with E-state index in [2.05, 4.69) is 5.32 Å². The van der Waals surface area contributed by atoms with Gasteiger partial charge in [0.15, 0.2) is 0 Å². The van der Waals surface area contributed by atoms with E-state index < -0.39 is 0 Å². The Hall–Kier alpha value is -1.49. The van der Waals surface area contributed by atoms with Crippen molar-refractivity contribution >= 4 is 35.0 Å². The van der Waals surface area contributed by atoms with Crippen molar-refractivity contribution in [1.82, 2.24) is 0 Å². The van der Waals surface area contributed by atoms with E-state index in [1.165, 1.54) is 11.8 Å². The molecule has 3 nitrogen and oxygen atoms in total. The summed E-state index contributed by atoms with van der Waals surface area (Å²) < 4.78 is 0. The van der Waals surface area contributed by atoms with Gasteiger partial charge in [0.05, 0.1) is 12.4 Å². The zero-order valence-electron chi connectivity index (χ0n) is 10.7. The lowest BCUT2D eigenvalue weighted by molar-refractivity contribution is -0.113. The average Bonchev–Trinajstić information content (AvgIpc) is 2.47. The number of benzene rings is 2. The van der Waals surface area contributed by atoms with E-state index in [1.54, 1.807) is 36.4 Å². The summed E-state index contributed by atoms with van der Waals surface area (Å²) in [6, 6.07) is 14.5. The van der Waals surface area contributed by atoms with Crippen molar-refractivity contribution < 1.29 is 9.90 Å². The molecule has 0 fully saturated rings. The molecule has 2 rings (SSSR count). The van der Waals surface area contributed by atoms with Gasteiger partial charge in [0, 0.05) is 15.6 Å². The highest BCUT2D eigenvalue weighted by atomic mass is 35.5. The van der Waals surface area contributed by atoms with Gasteiger partial charge >= 0.3 is 0 Å². The molecule has 0 atom stereocenters. The third-order valence-electron chi connectivity index (χ3n) is 2.60. The molecule has 104 valence electrons. The van der Waals surface area contributed by atoms with E-state index in [-0.39, 0.29) is 12.5 Å². The first-order valence-electron chi connectivity index (χ1n) is 6.05. The Morgan fingerprint density at radius 1 is 1.10 bits per heavy atom. The molecule has 2 aromatic rings. The van der Waals surface area contributed by atoms with E-state index in [0.717, 1.165) is 16.1 Å². The van der Waals surface area contributed by atoms with Crippen LogP contribution in [0.1, 0.15) is 5.56 Å². The number of nitrogens with one attached hydrogen (secondary N) is 1. The van der Waals surface area contributed by atoms with E-state index in [0.29, 0.717) is 10.8 Å². The molecule has 0 aromatic heterocycles. The molecule has 0 heterocycles. The Kier molecular flexibility index (Phi) is 5.47. The molecule has 0 saturated carbocycles. The summed E-state index contributed by atoms with van der Waals surface area (Å²) in [5, 5.41) is 12.4. The highest BCUT2D eigenvalue weighted by molar-refractivity contribution is 8.00. The molecule has 1 amide bonds. The van der Waals surface area contributed by atoms with Crippen molar-refractivity contribution in [3.63, 3.8) is 0 Å². The lowest BCUT2D eigenvalue weighted by Crippen LogP contribution is -2.13. The number of anilines is 1. The van der Waals surface area contributed by atoms with Crippen LogP contribution in [0.15, 0.2) is 53.4 Å². The van der Waals surface area contributed by atoms with Gasteiger partial charge in [0.25, 0.3) is 0 Å². The van der Waals surface area contributed by atoms with Crippen molar-refractivity contribution in [2.75, 3.05) is 11.1 Å². The predicted octanol–water partition coefficient (Wildman–Crippen LogP) is 3.56. The van der Waals surface area contributed by atoms with Crippen LogP contribution < -0.4 is 5.32 Å². The van der Waals surface area contributed by atoms with E-state index >= 15 is 0 Å². The van der Waals surface area contributed by atoms with E-state index in [4.69, 9.17) is 16.7 Å². The summed E-state index contributed by atoms with van der Waals surface area (Å²) in [5.74, 6) is 0.269. The summed E-state index contributed by atoms with van der Waals surface area (Å²) in [5.41, 5.74) is 1.54. The number of hydrogen-bond donors (Lipinski definition) is 2. The standard InChI is InChI=1S/C15H14ClNO2S/c16-12-3-7-14(8-4-12)20-10-15(19)17-13-5-1-11(9-18)2-6-13/h1-8,18H,9-10H2,(H,17,19). The van der Waals surface area contributed by atoms with Gasteiger partial charge < -0.3 is 10.4 Å². The van der Waals surface area contributed by atoms with Gasteiger partial charge in [-0.05, 0) is 42.0 Å². The maximum absolute atomic E-state index is 11.8. The smallest absolute Gasteiger partial charge is 0.234 e. The quantitative estimate of drug-likeness (QED) is 0.830. The van der Waals surface area contributed by atoms with Crippen LogP contribution in [0, 0.1) is 0 Å². The fourth-order valence-corrected chi connectivity index (χ4v) is 2.39. The topological polar surface area (TPSA) is 49.3 Å². The molecule has 0 radical (unpaired) electrons. The summed E-state index contributed by atoms with van der Waals surface area (Å²) >= 11 is 7.25. The Labute approximate surface area is 127 Å². The molecular weight excluding hydrogens is 294 g/mol. The number of halogens is 1. The second-order valence-corrected chi connectivity index (χ2v) is 5.63. The van der Waals surface area contributed by atoms with Gasteiger partial charge in [-0.1, -0.05) is 23.7 Å². The van der Waals surface area contributed by atoms with Crippen molar-refractivity contribution in [3.05, 3.63) is 59.1 Å². The maximum atomic E-state index is 11.8. The summed E-state index contributed by atoms with van der Waals surface area (Å²) in [7, 11) is 0. The van der Waals surface area contributed by atoms with Crippen LogP contribution in [0.5, 0.6) is 0 Å². The first-order valence-corrected chi connectivity index (χ1v) is 7.42. The number of carbonyl (C=O) groups is 1. The van der Waals surface area contributed by atoms with Gasteiger partial charge in [-0.2, -0.15) is 0 Å². The summed E-state index contributed by atoms with van der Waals surface area (Å²) in [6.07, 6.45) is 0. The molecule has 2 aromatic carbocycles. The van der Waals surface area contributed by atoms with Crippen LogP contribution in [0.2, 0.25) is 5.02 Å². The van der Waals surface area contributed by atoms with Gasteiger partial charge in [-0.3, -0.25) is 4.79 Å². The Morgan fingerprint density at radius 3 is 2.35 bits per heavy atom. The lowest BCUT2D eigenvalue weighted by atomic mass is 10.2. The molecule has 0 bridgehead atoms. The predicted molar refractivity (Wildman–Crippen MR) is 83.2 cm³/mol. The molecule has 0 aliphatic carbocycles. The summed E-state index contributed by atoms with van der Waals surface area (Å²) in [6.45, 7) is 0.000640. The first-order chi connectivity index (χ1) is 9.67. The second-order valence-electron chi connectivity index (χ2n) is 4.15. The SMILES string of the molecule is O=C(CSc1ccc(Cl)cc1)Nc1ccc(CO)cc1. The van der Waals surface area contributed by atoms with Crippen LogP contribution in [-0.4, -0.2) is 16.8 Å². The number of rotatable bonds is 5. The van der Waals surface area contributed by atoms with E-state index in [9.17, 15) is 4.79 Å². The monoisotopic (exact) mass is 307 g/mol. The van der Waals surface area contributed by atoms with Crippen LogP contribution in [0.3, 0.4) is 0 Å². The van der Waals surface area contributed by atoms with Gasteiger partial charge in [0.2, 0.25) is 5.91 Å².